The largest absolute Gasteiger partial charge is 0.491 e. The zero-order chi connectivity index (χ0) is 23.2. The van der Waals surface area contributed by atoms with Crippen LogP contribution in [0.3, 0.4) is 0 Å². The van der Waals surface area contributed by atoms with E-state index in [1.165, 1.54) is 5.56 Å². The zero-order valence-corrected chi connectivity index (χ0v) is 19.5. The van der Waals surface area contributed by atoms with E-state index >= 15 is 0 Å². The maximum absolute atomic E-state index is 12.5. The molecule has 0 saturated heterocycles. The summed E-state index contributed by atoms with van der Waals surface area (Å²) >= 11 is 0. The monoisotopic (exact) mass is 445 g/mol. The quantitative estimate of drug-likeness (QED) is 0.419. The molecule has 0 bridgehead atoms. The summed E-state index contributed by atoms with van der Waals surface area (Å²) in [5.41, 5.74) is 3.46. The van der Waals surface area contributed by atoms with E-state index in [-0.39, 0.29) is 24.7 Å². The number of hydrogen-bond acceptors (Lipinski definition) is 4. The van der Waals surface area contributed by atoms with Crippen LogP contribution in [0, 0.1) is 0 Å². The van der Waals surface area contributed by atoms with E-state index < -0.39 is 0 Å². The van der Waals surface area contributed by atoms with Crippen molar-refractivity contribution in [2.75, 3.05) is 13.3 Å². The average Bonchev–Trinajstić information content (AvgIpc) is 3.28. The second-order valence-corrected chi connectivity index (χ2v) is 8.62. The summed E-state index contributed by atoms with van der Waals surface area (Å²) in [6, 6.07) is 24.5. The molecule has 0 saturated carbocycles. The Bertz CT molecular complexity index is 1060. The topological polar surface area (TPSA) is 48.0 Å². The number of fused-ring (bicyclic) bond motifs is 1. The molecule has 33 heavy (non-hydrogen) atoms. The number of ether oxygens (including phenoxy) is 3. The van der Waals surface area contributed by atoms with E-state index in [4.69, 9.17) is 14.2 Å². The lowest BCUT2D eigenvalue weighted by Crippen LogP contribution is -2.30. The lowest BCUT2D eigenvalue weighted by molar-refractivity contribution is -0.129. The van der Waals surface area contributed by atoms with Crippen molar-refractivity contribution < 1.29 is 19.0 Å². The Morgan fingerprint density at radius 2 is 1.67 bits per heavy atom. The Hall–Kier alpha value is -3.47. The Labute approximate surface area is 195 Å². The molecule has 0 aromatic heterocycles. The Morgan fingerprint density at radius 3 is 2.36 bits per heavy atom. The third-order valence-electron chi connectivity index (χ3n) is 5.80. The van der Waals surface area contributed by atoms with Crippen molar-refractivity contribution in [3.8, 4) is 17.2 Å². The van der Waals surface area contributed by atoms with Crippen molar-refractivity contribution >= 4 is 5.91 Å². The highest BCUT2D eigenvalue weighted by Gasteiger charge is 2.21. The summed E-state index contributed by atoms with van der Waals surface area (Å²) < 4.78 is 16.8. The molecule has 1 heterocycles. The molecule has 3 aromatic carbocycles. The number of benzene rings is 3. The Kier molecular flexibility index (Phi) is 7.18. The predicted molar refractivity (Wildman–Crippen MR) is 129 cm³/mol. The molecular weight excluding hydrogens is 414 g/mol. The predicted octanol–water partition coefficient (Wildman–Crippen LogP) is 5.77. The van der Waals surface area contributed by atoms with Crippen LogP contribution >= 0.6 is 0 Å². The van der Waals surface area contributed by atoms with Gasteiger partial charge in [-0.25, -0.2) is 0 Å². The number of amides is 1. The standard InChI is InChI=1S/C28H31NO4/c1-20(2)33-25-12-9-22(10-13-25)18-29(21(3)30)16-15-26(23-7-5-4-6-8-23)24-11-14-27-28(17-24)32-19-31-27/h4-14,17,20,26H,15-16,18-19H2,1-3H3. The van der Waals surface area contributed by atoms with Crippen LogP contribution in [-0.4, -0.2) is 30.2 Å². The van der Waals surface area contributed by atoms with Gasteiger partial charge >= 0.3 is 0 Å². The van der Waals surface area contributed by atoms with Crippen molar-refractivity contribution in [3.05, 3.63) is 89.5 Å². The first kappa shape index (κ1) is 22.7. The molecule has 0 radical (unpaired) electrons. The van der Waals surface area contributed by atoms with Gasteiger partial charge in [-0.05, 0) is 61.2 Å². The van der Waals surface area contributed by atoms with Gasteiger partial charge < -0.3 is 19.1 Å². The average molecular weight is 446 g/mol. The van der Waals surface area contributed by atoms with Gasteiger partial charge in [-0.15, -0.1) is 0 Å². The fourth-order valence-corrected chi connectivity index (χ4v) is 4.14. The number of carbonyl (C=O) groups is 1. The van der Waals surface area contributed by atoms with Gasteiger partial charge in [0.25, 0.3) is 0 Å². The Morgan fingerprint density at radius 1 is 0.939 bits per heavy atom. The molecule has 5 nitrogen and oxygen atoms in total. The van der Waals surface area contributed by atoms with Crippen LogP contribution in [0.25, 0.3) is 0 Å². The van der Waals surface area contributed by atoms with Crippen LogP contribution in [-0.2, 0) is 11.3 Å². The van der Waals surface area contributed by atoms with Gasteiger partial charge in [0.1, 0.15) is 5.75 Å². The summed E-state index contributed by atoms with van der Waals surface area (Å²) in [7, 11) is 0. The normalized spacial score (nSPS) is 13.1. The molecule has 0 fully saturated rings. The molecule has 1 aliphatic rings. The van der Waals surface area contributed by atoms with Crippen molar-refractivity contribution in [2.24, 2.45) is 0 Å². The zero-order valence-electron chi connectivity index (χ0n) is 19.5. The highest BCUT2D eigenvalue weighted by atomic mass is 16.7. The third-order valence-corrected chi connectivity index (χ3v) is 5.80. The van der Waals surface area contributed by atoms with E-state index in [9.17, 15) is 4.79 Å². The summed E-state index contributed by atoms with van der Waals surface area (Å²) in [6.45, 7) is 7.12. The van der Waals surface area contributed by atoms with Crippen molar-refractivity contribution in [1.82, 2.24) is 4.90 Å². The van der Waals surface area contributed by atoms with Crippen LogP contribution in [0.2, 0.25) is 0 Å². The number of rotatable bonds is 9. The fourth-order valence-electron chi connectivity index (χ4n) is 4.14. The van der Waals surface area contributed by atoms with Crippen LogP contribution in [0.4, 0.5) is 0 Å². The van der Waals surface area contributed by atoms with E-state index in [0.717, 1.165) is 34.8 Å². The molecule has 1 amide bonds. The minimum Gasteiger partial charge on any atom is -0.491 e. The Balaban J connectivity index is 1.50. The third kappa shape index (κ3) is 5.86. The van der Waals surface area contributed by atoms with E-state index in [1.807, 2.05) is 55.1 Å². The minimum atomic E-state index is 0.0648. The van der Waals surface area contributed by atoms with Crippen molar-refractivity contribution in [3.63, 3.8) is 0 Å². The molecule has 5 heteroatoms. The molecule has 4 rings (SSSR count). The molecule has 1 unspecified atom stereocenters. The summed E-state index contributed by atoms with van der Waals surface area (Å²) in [4.78, 5) is 14.4. The molecule has 0 aliphatic carbocycles. The van der Waals surface area contributed by atoms with Gasteiger partial charge in [0, 0.05) is 25.9 Å². The molecular formula is C28H31NO4. The van der Waals surface area contributed by atoms with Gasteiger partial charge in [0.2, 0.25) is 12.7 Å². The summed E-state index contributed by atoms with van der Waals surface area (Å²) in [5.74, 6) is 2.61. The van der Waals surface area contributed by atoms with Crippen molar-refractivity contribution in [2.45, 2.75) is 45.8 Å². The lowest BCUT2D eigenvalue weighted by Gasteiger charge is -2.25. The molecule has 0 N–H and O–H groups in total. The maximum Gasteiger partial charge on any atom is 0.231 e. The summed E-state index contributed by atoms with van der Waals surface area (Å²) in [5, 5.41) is 0. The van der Waals surface area contributed by atoms with Gasteiger partial charge in [0.05, 0.1) is 6.10 Å². The molecule has 3 aromatic rings. The second kappa shape index (κ2) is 10.4. The SMILES string of the molecule is CC(=O)N(CCC(c1ccccc1)c1ccc2c(c1)OCO2)Cc1ccc(OC(C)C)cc1. The van der Waals surface area contributed by atoms with Crippen LogP contribution in [0.1, 0.15) is 49.8 Å². The first-order valence-electron chi connectivity index (χ1n) is 11.4. The fraction of sp³-hybridized carbons (Fsp3) is 0.321. The second-order valence-electron chi connectivity index (χ2n) is 8.62. The van der Waals surface area contributed by atoms with E-state index in [0.29, 0.717) is 13.1 Å². The first-order valence-corrected chi connectivity index (χ1v) is 11.4. The van der Waals surface area contributed by atoms with Crippen LogP contribution in [0.15, 0.2) is 72.8 Å². The van der Waals surface area contributed by atoms with Crippen LogP contribution < -0.4 is 14.2 Å². The molecule has 0 spiro atoms. The minimum absolute atomic E-state index is 0.0648. The van der Waals surface area contributed by atoms with Gasteiger partial charge in [0.15, 0.2) is 11.5 Å². The van der Waals surface area contributed by atoms with Gasteiger partial charge in [-0.1, -0.05) is 48.5 Å². The van der Waals surface area contributed by atoms with Crippen LogP contribution in [0.5, 0.6) is 17.2 Å². The molecule has 1 aliphatic heterocycles. The summed E-state index contributed by atoms with van der Waals surface area (Å²) in [6.07, 6.45) is 0.938. The van der Waals surface area contributed by atoms with E-state index in [2.05, 4.69) is 36.4 Å². The first-order chi connectivity index (χ1) is 16.0. The van der Waals surface area contributed by atoms with Crippen molar-refractivity contribution in [1.29, 1.82) is 0 Å². The van der Waals surface area contributed by atoms with Gasteiger partial charge in [-0.3, -0.25) is 4.79 Å². The number of nitrogens with zero attached hydrogens (tertiary/aromatic N) is 1. The number of hydrogen-bond donors (Lipinski definition) is 0. The maximum atomic E-state index is 12.5. The molecule has 1 atom stereocenters. The van der Waals surface area contributed by atoms with Gasteiger partial charge in [-0.2, -0.15) is 0 Å². The number of carbonyl (C=O) groups excluding carboxylic acids is 1. The highest BCUT2D eigenvalue weighted by molar-refractivity contribution is 5.73. The highest BCUT2D eigenvalue weighted by Crippen LogP contribution is 2.37. The molecule has 172 valence electrons. The smallest absolute Gasteiger partial charge is 0.231 e. The lowest BCUT2D eigenvalue weighted by atomic mass is 9.88. The van der Waals surface area contributed by atoms with E-state index in [1.54, 1.807) is 6.92 Å².